The van der Waals surface area contributed by atoms with E-state index in [1.54, 1.807) is 12.1 Å². The zero-order valence-electron chi connectivity index (χ0n) is 11.2. The first-order valence-electron chi connectivity index (χ1n) is 6.91. The topological polar surface area (TPSA) is 21.3 Å². The Bertz CT molecular complexity index is 397. The SMILES string of the molecule is CC1CCCC(NCc2ccccc2OC(F)F)C1. The van der Waals surface area contributed by atoms with E-state index in [1.807, 2.05) is 12.1 Å². The fourth-order valence-corrected chi connectivity index (χ4v) is 2.73. The van der Waals surface area contributed by atoms with Gasteiger partial charge in [0, 0.05) is 18.2 Å². The first kappa shape index (κ1) is 14.3. The van der Waals surface area contributed by atoms with Crippen molar-refractivity contribution in [1.29, 1.82) is 0 Å². The third-order valence-electron chi connectivity index (χ3n) is 3.71. The summed E-state index contributed by atoms with van der Waals surface area (Å²) in [6.45, 7) is 0.0815. The number of nitrogens with one attached hydrogen (secondary N) is 1. The van der Waals surface area contributed by atoms with Gasteiger partial charge in [-0.05, 0) is 24.8 Å². The van der Waals surface area contributed by atoms with Crippen molar-refractivity contribution < 1.29 is 13.5 Å². The molecular formula is C15H21F2NO. The molecule has 1 fully saturated rings. The molecule has 1 aromatic carbocycles. The Balaban J connectivity index is 1.91. The van der Waals surface area contributed by atoms with Crippen LogP contribution in [0.3, 0.4) is 0 Å². The molecule has 1 aliphatic rings. The Morgan fingerprint density at radius 3 is 2.84 bits per heavy atom. The molecular weight excluding hydrogens is 248 g/mol. The van der Waals surface area contributed by atoms with E-state index in [1.165, 1.54) is 19.3 Å². The fourth-order valence-electron chi connectivity index (χ4n) is 2.73. The number of hydrogen-bond donors (Lipinski definition) is 1. The molecule has 2 rings (SSSR count). The number of benzene rings is 1. The molecule has 1 aromatic rings. The number of ether oxygens (including phenoxy) is 1. The lowest BCUT2D eigenvalue weighted by atomic mass is 9.87. The molecule has 19 heavy (non-hydrogen) atoms. The van der Waals surface area contributed by atoms with Crippen molar-refractivity contribution in [2.24, 2.45) is 5.92 Å². The monoisotopic (exact) mass is 269 g/mol. The van der Waals surface area contributed by atoms with Crippen molar-refractivity contribution >= 4 is 0 Å². The summed E-state index contributed by atoms with van der Waals surface area (Å²) in [5.41, 5.74) is 0.793. The summed E-state index contributed by atoms with van der Waals surface area (Å²) in [6, 6.07) is 7.47. The second-order valence-electron chi connectivity index (χ2n) is 5.34. The zero-order chi connectivity index (χ0) is 13.7. The van der Waals surface area contributed by atoms with E-state index in [9.17, 15) is 8.78 Å². The Morgan fingerprint density at radius 1 is 1.32 bits per heavy atom. The van der Waals surface area contributed by atoms with Gasteiger partial charge in [0.15, 0.2) is 0 Å². The van der Waals surface area contributed by atoms with Gasteiger partial charge in [0.05, 0.1) is 0 Å². The average molecular weight is 269 g/mol. The smallest absolute Gasteiger partial charge is 0.387 e. The van der Waals surface area contributed by atoms with Crippen LogP contribution in [0.5, 0.6) is 5.75 Å². The minimum Gasteiger partial charge on any atom is -0.434 e. The second kappa shape index (κ2) is 6.85. The lowest BCUT2D eigenvalue weighted by Gasteiger charge is -2.27. The van der Waals surface area contributed by atoms with Gasteiger partial charge in [0.1, 0.15) is 5.75 Å². The summed E-state index contributed by atoms with van der Waals surface area (Å²) >= 11 is 0. The largest absolute Gasteiger partial charge is 0.434 e. The molecule has 0 aromatic heterocycles. The predicted octanol–water partition coefficient (Wildman–Crippen LogP) is 3.96. The molecule has 0 amide bonds. The molecule has 1 aliphatic carbocycles. The van der Waals surface area contributed by atoms with E-state index in [2.05, 4.69) is 17.0 Å². The van der Waals surface area contributed by atoms with E-state index in [0.29, 0.717) is 12.6 Å². The summed E-state index contributed by atoms with van der Waals surface area (Å²) < 4.78 is 29.1. The minimum atomic E-state index is -2.77. The van der Waals surface area contributed by atoms with Crippen LogP contribution in [0.25, 0.3) is 0 Å². The van der Waals surface area contributed by atoms with Crippen LogP contribution in [0.1, 0.15) is 38.2 Å². The summed E-state index contributed by atoms with van der Waals surface area (Å²) in [4.78, 5) is 0. The molecule has 0 aliphatic heterocycles. The third-order valence-corrected chi connectivity index (χ3v) is 3.71. The van der Waals surface area contributed by atoms with Gasteiger partial charge in [0.2, 0.25) is 0 Å². The van der Waals surface area contributed by atoms with Crippen molar-refractivity contribution in [1.82, 2.24) is 5.32 Å². The van der Waals surface area contributed by atoms with Crippen molar-refractivity contribution in [2.75, 3.05) is 0 Å². The molecule has 0 bridgehead atoms. The number of para-hydroxylation sites is 1. The van der Waals surface area contributed by atoms with E-state index in [0.717, 1.165) is 17.9 Å². The first-order chi connectivity index (χ1) is 9.15. The fraction of sp³-hybridized carbons (Fsp3) is 0.600. The summed E-state index contributed by atoms with van der Waals surface area (Å²) in [5.74, 6) is 1.02. The van der Waals surface area contributed by atoms with Crippen LogP contribution in [0.4, 0.5) is 8.78 Å². The van der Waals surface area contributed by atoms with Crippen LogP contribution >= 0.6 is 0 Å². The Hall–Kier alpha value is -1.16. The summed E-state index contributed by atoms with van der Waals surface area (Å²) in [5, 5.41) is 3.46. The summed E-state index contributed by atoms with van der Waals surface area (Å²) in [6.07, 6.45) is 4.87. The highest BCUT2D eigenvalue weighted by atomic mass is 19.3. The van der Waals surface area contributed by atoms with Crippen LogP contribution in [0.15, 0.2) is 24.3 Å². The molecule has 2 atom stereocenters. The molecule has 4 heteroatoms. The van der Waals surface area contributed by atoms with Gasteiger partial charge in [-0.25, -0.2) is 0 Å². The quantitative estimate of drug-likeness (QED) is 0.873. The Kier molecular flexibility index (Phi) is 5.14. The van der Waals surface area contributed by atoms with E-state index >= 15 is 0 Å². The van der Waals surface area contributed by atoms with E-state index in [-0.39, 0.29) is 5.75 Å². The standard InChI is InChI=1S/C15H21F2NO/c1-11-5-4-7-13(9-11)18-10-12-6-2-3-8-14(12)19-15(16)17/h2-3,6,8,11,13,15,18H,4-5,7,9-10H2,1H3. The maximum absolute atomic E-state index is 12.3. The van der Waals surface area contributed by atoms with Gasteiger partial charge in [-0.3, -0.25) is 0 Å². The maximum Gasteiger partial charge on any atom is 0.387 e. The molecule has 2 nitrogen and oxygen atoms in total. The van der Waals surface area contributed by atoms with Gasteiger partial charge in [0.25, 0.3) is 0 Å². The lowest BCUT2D eigenvalue weighted by Crippen LogP contribution is -2.33. The molecule has 1 N–H and O–H groups in total. The average Bonchev–Trinajstić information content (AvgIpc) is 2.37. The molecule has 1 saturated carbocycles. The highest BCUT2D eigenvalue weighted by molar-refractivity contribution is 5.33. The lowest BCUT2D eigenvalue weighted by molar-refractivity contribution is -0.0505. The second-order valence-corrected chi connectivity index (χ2v) is 5.34. The molecule has 0 heterocycles. The molecule has 0 spiro atoms. The van der Waals surface area contributed by atoms with Crippen LogP contribution in [-0.4, -0.2) is 12.7 Å². The molecule has 0 radical (unpaired) electrons. The third kappa shape index (κ3) is 4.46. The zero-order valence-corrected chi connectivity index (χ0v) is 11.2. The van der Waals surface area contributed by atoms with E-state index in [4.69, 9.17) is 0 Å². The Morgan fingerprint density at radius 2 is 2.11 bits per heavy atom. The predicted molar refractivity (Wildman–Crippen MR) is 71.3 cm³/mol. The molecule has 0 saturated heterocycles. The van der Waals surface area contributed by atoms with Crippen molar-refractivity contribution in [3.63, 3.8) is 0 Å². The molecule has 106 valence electrons. The van der Waals surface area contributed by atoms with Gasteiger partial charge in [-0.15, -0.1) is 0 Å². The van der Waals surface area contributed by atoms with Crippen molar-refractivity contribution in [3.8, 4) is 5.75 Å². The van der Waals surface area contributed by atoms with E-state index < -0.39 is 6.61 Å². The van der Waals surface area contributed by atoms with Gasteiger partial charge >= 0.3 is 6.61 Å². The van der Waals surface area contributed by atoms with Gasteiger partial charge in [-0.2, -0.15) is 8.78 Å². The Labute approximate surface area is 113 Å². The van der Waals surface area contributed by atoms with Crippen LogP contribution in [0.2, 0.25) is 0 Å². The van der Waals surface area contributed by atoms with Gasteiger partial charge < -0.3 is 10.1 Å². The minimum absolute atomic E-state index is 0.272. The van der Waals surface area contributed by atoms with Crippen LogP contribution in [-0.2, 0) is 6.54 Å². The van der Waals surface area contributed by atoms with Crippen molar-refractivity contribution in [2.45, 2.75) is 51.8 Å². The number of halogens is 2. The number of hydrogen-bond acceptors (Lipinski definition) is 2. The maximum atomic E-state index is 12.3. The molecule has 2 unspecified atom stereocenters. The summed E-state index contributed by atoms with van der Waals surface area (Å²) in [7, 11) is 0. The highest BCUT2D eigenvalue weighted by Gasteiger charge is 2.18. The first-order valence-corrected chi connectivity index (χ1v) is 6.91. The van der Waals surface area contributed by atoms with Crippen LogP contribution < -0.4 is 10.1 Å². The number of rotatable bonds is 5. The normalized spacial score (nSPS) is 23.6. The van der Waals surface area contributed by atoms with Gasteiger partial charge in [-0.1, -0.05) is 38.0 Å². The number of alkyl halides is 2. The highest BCUT2D eigenvalue weighted by Crippen LogP contribution is 2.25. The van der Waals surface area contributed by atoms with Crippen LogP contribution in [0, 0.1) is 5.92 Å². The van der Waals surface area contributed by atoms with Crippen molar-refractivity contribution in [3.05, 3.63) is 29.8 Å².